The first-order valence-corrected chi connectivity index (χ1v) is 4.59. The summed E-state index contributed by atoms with van der Waals surface area (Å²) in [6.45, 7) is 2.72. The molecule has 1 aromatic rings. The highest BCUT2D eigenvalue weighted by molar-refractivity contribution is 5.00. The van der Waals surface area contributed by atoms with E-state index >= 15 is 0 Å². The van der Waals surface area contributed by atoms with Gasteiger partial charge in [-0.25, -0.2) is 0 Å². The maximum Gasteiger partial charge on any atom is 0.0492 e. The minimum Gasteiger partial charge on any atom is -0.329 e. The van der Waals surface area contributed by atoms with E-state index < -0.39 is 0 Å². The third-order valence-electron chi connectivity index (χ3n) is 2.18. The SMILES string of the molecule is CN(CCN)CCc1ccnn1C. The van der Waals surface area contributed by atoms with Crippen LogP contribution in [-0.2, 0) is 13.5 Å². The zero-order valence-corrected chi connectivity index (χ0v) is 8.40. The fourth-order valence-electron chi connectivity index (χ4n) is 1.28. The van der Waals surface area contributed by atoms with Crippen LogP contribution in [0.15, 0.2) is 12.3 Å². The van der Waals surface area contributed by atoms with Crippen molar-refractivity contribution in [2.75, 3.05) is 26.7 Å². The summed E-state index contributed by atoms with van der Waals surface area (Å²) in [6, 6.07) is 2.05. The quantitative estimate of drug-likeness (QED) is 0.689. The number of hydrogen-bond donors (Lipinski definition) is 1. The topological polar surface area (TPSA) is 47.1 Å². The van der Waals surface area contributed by atoms with Gasteiger partial charge in [-0.2, -0.15) is 5.10 Å². The average Bonchev–Trinajstić information content (AvgIpc) is 2.48. The normalized spacial score (nSPS) is 11.1. The molecule has 4 nitrogen and oxygen atoms in total. The summed E-state index contributed by atoms with van der Waals surface area (Å²) < 4.78 is 1.91. The predicted octanol–water partition coefficient (Wildman–Crippen LogP) is -0.147. The fourth-order valence-corrected chi connectivity index (χ4v) is 1.28. The summed E-state index contributed by atoms with van der Waals surface area (Å²) in [5.74, 6) is 0. The van der Waals surface area contributed by atoms with E-state index in [0.717, 1.165) is 26.1 Å². The lowest BCUT2D eigenvalue weighted by atomic mass is 10.3. The Morgan fingerprint density at radius 3 is 2.85 bits per heavy atom. The van der Waals surface area contributed by atoms with Crippen molar-refractivity contribution in [2.45, 2.75) is 6.42 Å². The zero-order chi connectivity index (χ0) is 9.68. The molecule has 0 saturated carbocycles. The molecule has 13 heavy (non-hydrogen) atoms. The summed E-state index contributed by atoms with van der Waals surface area (Å²) in [4.78, 5) is 2.23. The molecule has 0 fully saturated rings. The van der Waals surface area contributed by atoms with Crippen LogP contribution in [0.25, 0.3) is 0 Å². The van der Waals surface area contributed by atoms with Gasteiger partial charge in [0.15, 0.2) is 0 Å². The molecule has 1 rings (SSSR count). The molecular formula is C9H18N4. The molecule has 4 heteroatoms. The second-order valence-electron chi connectivity index (χ2n) is 3.29. The van der Waals surface area contributed by atoms with Crippen LogP contribution in [0.1, 0.15) is 5.69 Å². The van der Waals surface area contributed by atoms with Gasteiger partial charge in [0.1, 0.15) is 0 Å². The lowest BCUT2D eigenvalue weighted by Crippen LogP contribution is -2.27. The standard InChI is InChI=1S/C9H18N4/c1-12(8-5-10)7-4-9-3-6-11-13(9)2/h3,6H,4-5,7-8,10H2,1-2H3. The molecule has 2 N–H and O–H groups in total. The smallest absolute Gasteiger partial charge is 0.0492 e. The maximum absolute atomic E-state index is 5.45. The highest BCUT2D eigenvalue weighted by Gasteiger charge is 2.00. The molecule has 0 spiro atoms. The van der Waals surface area contributed by atoms with Gasteiger partial charge in [0.05, 0.1) is 0 Å². The summed E-state index contributed by atoms with van der Waals surface area (Å²) in [7, 11) is 4.06. The lowest BCUT2D eigenvalue weighted by Gasteiger charge is -2.14. The van der Waals surface area contributed by atoms with E-state index in [0.29, 0.717) is 0 Å². The summed E-state index contributed by atoms with van der Waals surface area (Å²) >= 11 is 0. The van der Waals surface area contributed by atoms with Gasteiger partial charge in [0.25, 0.3) is 0 Å². The van der Waals surface area contributed by atoms with Gasteiger partial charge in [-0.05, 0) is 13.1 Å². The molecule has 1 aromatic heterocycles. The number of aryl methyl sites for hydroxylation is 1. The highest BCUT2D eigenvalue weighted by atomic mass is 15.3. The monoisotopic (exact) mass is 182 g/mol. The second-order valence-corrected chi connectivity index (χ2v) is 3.29. The van der Waals surface area contributed by atoms with E-state index in [1.54, 1.807) is 0 Å². The molecule has 0 amide bonds. The number of nitrogens with zero attached hydrogens (tertiary/aromatic N) is 3. The van der Waals surface area contributed by atoms with Gasteiger partial charge in [-0.15, -0.1) is 0 Å². The molecule has 0 aliphatic carbocycles. The van der Waals surface area contributed by atoms with Gasteiger partial charge in [0.2, 0.25) is 0 Å². The largest absolute Gasteiger partial charge is 0.329 e. The Morgan fingerprint density at radius 2 is 2.31 bits per heavy atom. The van der Waals surface area contributed by atoms with Crippen molar-refractivity contribution >= 4 is 0 Å². The van der Waals surface area contributed by atoms with Gasteiger partial charge in [0, 0.05) is 45.0 Å². The van der Waals surface area contributed by atoms with E-state index in [-0.39, 0.29) is 0 Å². The molecule has 0 unspecified atom stereocenters. The van der Waals surface area contributed by atoms with Crippen LogP contribution < -0.4 is 5.73 Å². The van der Waals surface area contributed by atoms with Crippen LogP contribution in [0.5, 0.6) is 0 Å². The van der Waals surface area contributed by atoms with E-state index in [1.165, 1.54) is 5.69 Å². The number of rotatable bonds is 5. The van der Waals surface area contributed by atoms with E-state index in [9.17, 15) is 0 Å². The zero-order valence-electron chi connectivity index (χ0n) is 8.40. The number of hydrogen-bond acceptors (Lipinski definition) is 3. The number of aromatic nitrogens is 2. The first-order chi connectivity index (χ1) is 6.24. The summed E-state index contributed by atoms with van der Waals surface area (Å²) in [5, 5.41) is 4.11. The Kier molecular flexibility index (Phi) is 3.92. The Hall–Kier alpha value is -0.870. The van der Waals surface area contributed by atoms with Crippen molar-refractivity contribution in [3.8, 4) is 0 Å². The van der Waals surface area contributed by atoms with Crippen molar-refractivity contribution in [2.24, 2.45) is 12.8 Å². The lowest BCUT2D eigenvalue weighted by molar-refractivity contribution is 0.345. The Morgan fingerprint density at radius 1 is 1.54 bits per heavy atom. The van der Waals surface area contributed by atoms with Crippen LogP contribution >= 0.6 is 0 Å². The van der Waals surface area contributed by atoms with Crippen molar-refractivity contribution in [3.05, 3.63) is 18.0 Å². The Labute approximate surface area is 79.3 Å². The molecule has 74 valence electrons. The first kappa shape index (κ1) is 10.2. The van der Waals surface area contributed by atoms with Crippen LogP contribution in [0.4, 0.5) is 0 Å². The predicted molar refractivity (Wildman–Crippen MR) is 53.5 cm³/mol. The van der Waals surface area contributed by atoms with E-state index in [1.807, 2.05) is 17.9 Å². The summed E-state index contributed by atoms with van der Waals surface area (Å²) in [5.41, 5.74) is 6.72. The molecular weight excluding hydrogens is 164 g/mol. The molecule has 0 atom stereocenters. The maximum atomic E-state index is 5.45. The van der Waals surface area contributed by atoms with Gasteiger partial charge >= 0.3 is 0 Å². The van der Waals surface area contributed by atoms with Gasteiger partial charge in [-0.1, -0.05) is 0 Å². The van der Waals surface area contributed by atoms with Gasteiger partial charge < -0.3 is 10.6 Å². The molecule has 0 aliphatic rings. The van der Waals surface area contributed by atoms with E-state index in [2.05, 4.69) is 23.1 Å². The Balaban J connectivity index is 2.30. The second kappa shape index (κ2) is 4.99. The van der Waals surface area contributed by atoms with Crippen LogP contribution in [0, 0.1) is 0 Å². The molecule has 0 bridgehead atoms. The minimum absolute atomic E-state index is 0.724. The fraction of sp³-hybridized carbons (Fsp3) is 0.667. The van der Waals surface area contributed by atoms with Crippen molar-refractivity contribution in [3.63, 3.8) is 0 Å². The molecule has 0 saturated heterocycles. The molecule has 0 aliphatic heterocycles. The van der Waals surface area contributed by atoms with Crippen molar-refractivity contribution in [1.82, 2.24) is 14.7 Å². The van der Waals surface area contributed by atoms with E-state index in [4.69, 9.17) is 5.73 Å². The third-order valence-corrected chi connectivity index (χ3v) is 2.18. The molecule has 0 radical (unpaired) electrons. The van der Waals surface area contributed by atoms with Crippen LogP contribution in [0.2, 0.25) is 0 Å². The Bertz CT molecular complexity index is 244. The number of nitrogens with two attached hydrogens (primary N) is 1. The minimum atomic E-state index is 0.724. The molecule has 1 heterocycles. The third kappa shape index (κ3) is 3.16. The highest BCUT2D eigenvalue weighted by Crippen LogP contribution is 1.98. The van der Waals surface area contributed by atoms with Gasteiger partial charge in [-0.3, -0.25) is 4.68 Å². The molecule has 0 aromatic carbocycles. The number of likely N-dealkylation sites (N-methyl/N-ethyl adjacent to an activating group) is 1. The van der Waals surface area contributed by atoms with Crippen LogP contribution in [-0.4, -0.2) is 41.4 Å². The van der Waals surface area contributed by atoms with Crippen molar-refractivity contribution in [1.29, 1.82) is 0 Å². The summed E-state index contributed by atoms with van der Waals surface area (Å²) in [6.07, 6.45) is 2.87. The van der Waals surface area contributed by atoms with Crippen LogP contribution in [0.3, 0.4) is 0 Å². The van der Waals surface area contributed by atoms with Crippen molar-refractivity contribution < 1.29 is 0 Å². The first-order valence-electron chi connectivity index (χ1n) is 4.59. The average molecular weight is 182 g/mol.